The van der Waals surface area contributed by atoms with Gasteiger partial charge in [-0.15, -0.1) is 0 Å². The molecule has 1 aliphatic carbocycles. The normalized spacial score (nSPS) is 18.6. The Morgan fingerprint density at radius 3 is 2.22 bits per heavy atom. The maximum absolute atomic E-state index is 13.6. The van der Waals surface area contributed by atoms with Crippen LogP contribution in [0.25, 0.3) is 10.9 Å². The van der Waals surface area contributed by atoms with Crippen molar-refractivity contribution < 1.29 is 9.59 Å². The van der Waals surface area contributed by atoms with Crippen molar-refractivity contribution in [3.05, 3.63) is 101 Å². The Bertz CT molecular complexity index is 1650. The Labute approximate surface area is 268 Å². The van der Waals surface area contributed by atoms with Gasteiger partial charge in [0.25, 0.3) is 5.56 Å². The molecule has 0 bridgehead atoms. The second-order valence-electron chi connectivity index (χ2n) is 12.1. The van der Waals surface area contributed by atoms with Gasteiger partial charge in [0.05, 0.1) is 16.7 Å². The lowest BCUT2D eigenvalue weighted by Gasteiger charge is -2.39. The van der Waals surface area contributed by atoms with Crippen LogP contribution in [0.2, 0.25) is 0 Å². The van der Waals surface area contributed by atoms with Gasteiger partial charge in [0.1, 0.15) is 0 Å². The molecule has 0 atom stereocenters. The van der Waals surface area contributed by atoms with Gasteiger partial charge >= 0.3 is 0 Å². The highest BCUT2D eigenvalue weighted by Crippen LogP contribution is 2.32. The van der Waals surface area contributed by atoms with Crippen molar-refractivity contribution in [1.82, 2.24) is 19.8 Å². The zero-order chi connectivity index (χ0) is 31.0. The molecule has 0 spiro atoms. The number of piperazine rings is 1. The molecule has 1 saturated carbocycles. The van der Waals surface area contributed by atoms with E-state index in [-0.39, 0.29) is 35.0 Å². The summed E-state index contributed by atoms with van der Waals surface area (Å²) in [6.45, 7) is 4.33. The van der Waals surface area contributed by atoms with Gasteiger partial charge in [-0.3, -0.25) is 19.0 Å². The average Bonchev–Trinajstić information content (AvgIpc) is 3.10. The summed E-state index contributed by atoms with van der Waals surface area (Å²) in [4.78, 5) is 49.0. The van der Waals surface area contributed by atoms with Crippen LogP contribution in [0.15, 0.2) is 94.9 Å². The molecule has 1 saturated heterocycles. The van der Waals surface area contributed by atoms with Gasteiger partial charge in [-0.1, -0.05) is 72.4 Å². The molecule has 3 aromatic carbocycles. The van der Waals surface area contributed by atoms with Crippen molar-refractivity contribution >= 4 is 40.2 Å². The molecule has 234 valence electrons. The van der Waals surface area contributed by atoms with Crippen LogP contribution in [0.3, 0.4) is 0 Å². The van der Waals surface area contributed by atoms with Crippen LogP contribution in [-0.2, 0) is 22.6 Å². The topological polar surface area (TPSA) is 87.5 Å². The van der Waals surface area contributed by atoms with Gasteiger partial charge in [0.2, 0.25) is 11.8 Å². The fourth-order valence-corrected chi connectivity index (χ4v) is 7.36. The number of rotatable bonds is 10. The predicted molar refractivity (Wildman–Crippen MR) is 181 cm³/mol. The number of para-hydroxylation sites is 2. The Balaban J connectivity index is 1.04. The maximum atomic E-state index is 13.6. The summed E-state index contributed by atoms with van der Waals surface area (Å²) < 4.78 is 1.76. The average molecular weight is 624 g/mol. The first kappa shape index (κ1) is 30.9. The van der Waals surface area contributed by atoms with Gasteiger partial charge in [-0.25, -0.2) is 4.98 Å². The van der Waals surface area contributed by atoms with E-state index in [1.165, 1.54) is 23.0 Å². The first-order valence-electron chi connectivity index (χ1n) is 16.1. The highest BCUT2D eigenvalue weighted by atomic mass is 32.2. The van der Waals surface area contributed by atoms with E-state index in [1.807, 2.05) is 53.4 Å². The number of fused-ring (bicyclic) bond motifs is 1. The van der Waals surface area contributed by atoms with E-state index in [2.05, 4.69) is 46.6 Å². The van der Waals surface area contributed by atoms with E-state index >= 15 is 0 Å². The summed E-state index contributed by atoms with van der Waals surface area (Å²) in [5.41, 5.74) is 2.97. The van der Waals surface area contributed by atoms with Crippen LogP contribution in [0.4, 0.5) is 5.69 Å². The van der Waals surface area contributed by atoms with Crippen molar-refractivity contribution in [2.45, 2.75) is 43.8 Å². The van der Waals surface area contributed by atoms with Crippen LogP contribution in [0.1, 0.15) is 31.2 Å². The maximum Gasteiger partial charge on any atom is 0.262 e. The number of anilines is 1. The number of nitrogens with one attached hydrogen (secondary N) is 1. The molecule has 1 N–H and O–H groups in total. The van der Waals surface area contributed by atoms with Crippen molar-refractivity contribution in [1.29, 1.82) is 0 Å². The third-order valence-corrected chi connectivity index (χ3v) is 10.1. The molecule has 0 radical (unpaired) electrons. The third kappa shape index (κ3) is 7.76. The summed E-state index contributed by atoms with van der Waals surface area (Å²) in [5.74, 6) is 0.722. The van der Waals surface area contributed by atoms with Crippen LogP contribution >= 0.6 is 11.8 Å². The number of thioether (sulfide) groups is 1. The minimum absolute atomic E-state index is 0.0457. The van der Waals surface area contributed by atoms with E-state index in [0.717, 1.165) is 58.3 Å². The molecule has 1 aliphatic heterocycles. The van der Waals surface area contributed by atoms with Crippen LogP contribution in [0.5, 0.6) is 0 Å². The molecule has 1 aromatic heterocycles. The molecule has 2 heterocycles. The number of amides is 2. The molecule has 9 heteroatoms. The van der Waals surface area contributed by atoms with Gasteiger partial charge in [0, 0.05) is 50.9 Å². The van der Waals surface area contributed by atoms with E-state index < -0.39 is 0 Å². The SMILES string of the molecule is O=C(CSc1nc2ccccc2c(=O)n1CC1CCC(C(=O)N2CCN(c3ccccc3)CC2)CC1)NCCc1ccccc1. The zero-order valence-electron chi connectivity index (χ0n) is 25.6. The fourth-order valence-electron chi connectivity index (χ4n) is 6.52. The van der Waals surface area contributed by atoms with Crippen molar-refractivity contribution in [2.75, 3.05) is 43.4 Å². The second kappa shape index (κ2) is 14.8. The molecule has 4 aromatic rings. The Morgan fingerprint density at radius 2 is 1.49 bits per heavy atom. The molecule has 6 rings (SSSR count). The third-order valence-electron chi connectivity index (χ3n) is 9.09. The molecule has 2 amide bonds. The Hall–Kier alpha value is -4.11. The van der Waals surface area contributed by atoms with E-state index in [1.54, 1.807) is 4.57 Å². The lowest BCUT2D eigenvalue weighted by molar-refractivity contribution is -0.137. The second-order valence-corrected chi connectivity index (χ2v) is 13.0. The molecular weight excluding hydrogens is 582 g/mol. The van der Waals surface area contributed by atoms with Crippen molar-refractivity contribution in [3.8, 4) is 0 Å². The van der Waals surface area contributed by atoms with Crippen molar-refractivity contribution in [3.63, 3.8) is 0 Å². The molecule has 45 heavy (non-hydrogen) atoms. The number of hydrogen-bond donors (Lipinski definition) is 1. The number of carbonyl (C=O) groups is 2. The smallest absolute Gasteiger partial charge is 0.262 e. The predicted octanol–water partition coefficient (Wildman–Crippen LogP) is 5.00. The number of hydrogen-bond acceptors (Lipinski definition) is 6. The van der Waals surface area contributed by atoms with E-state index in [4.69, 9.17) is 4.98 Å². The standard InChI is InChI=1S/C36H41N5O3S/c42-33(37-20-19-27-9-3-1-4-10-27)26-45-36-38-32-14-8-7-13-31(32)35(44)41(36)25-28-15-17-29(18-16-28)34(43)40-23-21-39(22-24-40)30-11-5-2-6-12-30/h1-14,28-29H,15-26H2,(H,37,42). The first-order chi connectivity index (χ1) is 22.0. The monoisotopic (exact) mass is 623 g/mol. The lowest BCUT2D eigenvalue weighted by atomic mass is 9.81. The number of aromatic nitrogens is 2. The van der Waals surface area contributed by atoms with Gasteiger partial charge in [-0.05, 0) is 67.9 Å². The zero-order valence-corrected chi connectivity index (χ0v) is 26.5. The minimum atomic E-state index is -0.0755. The van der Waals surface area contributed by atoms with Crippen molar-refractivity contribution in [2.24, 2.45) is 11.8 Å². The molecule has 8 nitrogen and oxygen atoms in total. The first-order valence-corrected chi connectivity index (χ1v) is 17.1. The van der Waals surface area contributed by atoms with Gasteiger partial charge in [0.15, 0.2) is 5.16 Å². The number of nitrogens with zero attached hydrogens (tertiary/aromatic N) is 4. The summed E-state index contributed by atoms with van der Waals surface area (Å²) in [5, 5.41) is 4.16. The summed E-state index contributed by atoms with van der Waals surface area (Å²) >= 11 is 1.32. The fraction of sp³-hybridized carbons (Fsp3) is 0.389. The van der Waals surface area contributed by atoms with E-state index in [0.29, 0.717) is 29.1 Å². The Kier molecular flexibility index (Phi) is 10.1. The van der Waals surface area contributed by atoms with E-state index in [9.17, 15) is 14.4 Å². The van der Waals surface area contributed by atoms with Crippen LogP contribution in [-0.4, -0.2) is 64.7 Å². The number of benzene rings is 3. The molecule has 0 unspecified atom stereocenters. The van der Waals surface area contributed by atoms with Gasteiger partial charge < -0.3 is 15.1 Å². The Morgan fingerprint density at radius 1 is 0.822 bits per heavy atom. The summed E-state index contributed by atoms with van der Waals surface area (Å²) in [7, 11) is 0. The molecule has 2 aliphatic rings. The molecular formula is C36H41N5O3S. The minimum Gasteiger partial charge on any atom is -0.368 e. The summed E-state index contributed by atoms with van der Waals surface area (Å²) in [6, 6.07) is 27.9. The highest BCUT2D eigenvalue weighted by molar-refractivity contribution is 7.99. The quantitative estimate of drug-likeness (QED) is 0.198. The lowest BCUT2D eigenvalue weighted by Crippen LogP contribution is -2.50. The van der Waals surface area contributed by atoms with Gasteiger partial charge in [-0.2, -0.15) is 0 Å². The summed E-state index contributed by atoms with van der Waals surface area (Å²) in [6.07, 6.45) is 4.23. The highest BCUT2D eigenvalue weighted by Gasteiger charge is 2.32. The van der Waals surface area contributed by atoms with Crippen LogP contribution < -0.4 is 15.8 Å². The number of carbonyl (C=O) groups excluding carboxylic acids is 2. The largest absolute Gasteiger partial charge is 0.368 e. The van der Waals surface area contributed by atoms with Crippen LogP contribution in [0, 0.1) is 11.8 Å². The molecule has 2 fully saturated rings.